The second kappa shape index (κ2) is 6.14. The first-order valence-corrected chi connectivity index (χ1v) is 6.58. The summed E-state index contributed by atoms with van der Waals surface area (Å²) < 4.78 is 0. The Balaban J connectivity index is 2.90. The second-order valence-corrected chi connectivity index (χ2v) is 5.66. The molecule has 1 fully saturated rings. The van der Waals surface area contributed by atoms with Crippen LogP contribution in [0.2, 0.25) is 0 Å². The smallest absolute Gasteiger partial charge is 0.305 e. The van der Waals surface area contributed by atoms with E-state index >= 15 is 0 Å². The Morgan fingerprint density at radius 3 is 2.16 bits per heavy atom. The number of Topliss-reactive ketones (excluding diaryl/α,β-unsaturated/α-hetero) is 1. The van der Waals surface area contributed by atoms with Crippen molar-refractivity contribution in [1.82, 2.24) is 0 Å². The molecule has 0 saturated heterocycles. The predicted molar refractivity (Wildman–Crippen MR) is 69.1 cm³/mol. The molecule has 0 aromatic heterocycles. The Kier molecular flexibility index (Phi) is 5.05. The maximum Gasteiger partial charge on any atom is 0.305 e. The topological polar surface area (TPSA) is 123 Å². The Morgan fingerprint density at radius 1 is 1.21 bits per heavy atom. The fraction of sp³-hybridized carbons (Fsp3) is 0.769. The van der Waals surface area contributed by atoms with E-state index in [-0.39, 0.29) is 0 Å². The van der Waals surface area contributed by atoms with Gasteiger partial charge in [-0.2, -0.15) is 0 Å². The van der Waals surface area contributed by atoms with Crippen LogP contribution in [0.1, 0.15) is 45.4 Å². The van der Waals surface area contributed by atoms with Crippen LogP contribution >= 0.6 is 0 Å². The molecule has 1 rings (SSSR count). The molecule has 6 nitrogen and oxygen atoms in total. The maximum absolute atomic E-state index is 12.2. The first kappa shape index (κ1) is 15.6. The van der Waals surface area contributed by atoms with Gasteiger partial charge in [0.05, 0.1) is 12.5 Å². The minimum atomic E-state index is -1.17. The van der Waals surface area contributed by atoms with Gasteiger partial charge >= 0.3 is 5.97 Å². The van der Waals surface area contributed by atoms with Crippen LogP contribution in [0.15, 0.2) is 0 Å². The molecule has 6 heteroatoms. The zero-order valence-corrected chi connectivity index (χ0v) is 11.2. The minimum Gasteiger partial charge on any atom is -0.481 e. The molecule has 0 aromatic carbocycles. The SMILES string of the molecule is CC1(C(C(N)=O)C(=O)[C@@H](N)CC(=O)O)CCCCC1. The minimum absolute atomic E-state index is 0.474. The standard InChI is InChI=1S/C13H22N2O4/c1-13(5-3-2-4-6-13)10(12(15)19)11(18)8(14)7-9(16)17/h8,10H,2-7,14H2,1H3,(H2,15,19)(H,16,17)/t8-,10?/m0/s1. The molecule has 0 bridgehead atoms. The van der Waals surface area contributed by atoms with Crippen molar-refractivity contribution in [1.29, 1.82) is 0 Å². The summed E-state index contributed by atoms with van der Waals surface area (Å²) in [5, 5.41) is 8.68. The number of nitrogens with two attached hydrogens (primary N) is 2. The molecule has 0 aliphatic heterocycles. The number of amides is 1. The van der Waals surface area contributed by atoms with E-state index in [4.69, 9.17) is 16.6 Å². The van der Waals surface area contributed by atoms with Gasteiger partial charge in [0, 0.05) is 0 Å². The molecular formula is C13H22N2O4. The van der Waals surface area contributed by atoms with Crippen molar-refractivity contribution in [3.63, 3.8) is 0 Å². The molecule has 1 unspecified atom stereocenters. The van der Waals surface area contributed by atoms with E-state index in [0.29, 0.717) is 0 Å². The molecule has 0 heterocycles. The van der Waals surface area contributed by atoms with Crippen LogP contribution in [-0.2, 0) is 14.4 Å². The number of ketones is 1. The van der Waals surface area contributed by atoms with Crippen LogP contribution in [0, 0.1) is 11.3 Å². The van der Waals surface area contributed by atoms with E-state index in [1.807, 2.05) is 6.92 Å². The summed E-state index contributed by atoms with van der Waals surface area (Å²) in [5.41, 5.74) is 10.5. The number of carbonyl (C=O) groups excluding carboxylic acids is 2. The number of hydrogen-bond donors (Lipinski definition) is 3. The maximum atomic E-state index is 12.2. The van der Waals surface area contributed by atoms with Crippen molar-refractivity contribution in [2.45, 2.75) is 51.5 Å². The van der Waals surface area contributed by atoms with Gasteiger partial charge in [0.1, 0.15) is 5.92 Å². The Bertz CT molecular complexity index is 375. The Morgan fingerprint density at radius 2 is 1.74 bits per heavy atom. The van der Waals surface area contributed by atoms with Crippen LogP contribution in [-0.4, -0.2) is 28.8 Å². The molecule has 1 aliphatic carbocycles. The summed E-state index contributed by atoms with van der Waals surface area (Å²) in [6, 6.07) is -1.17. The molecule has 108 valence electrons. The van der Waals surface area contributed by atoms with Gasteiger partial charge in [-0.3, -0.25) is 14.4 Å². The van der Waals surface area contributed by atoms with Crippen molar-refractivity contribution in [2.24, 2.45) is 22.8 Å². The van der Waals surface area contributed by atoms with Crippen molar-refractivity contribution in [3.8, 4) is 0 Å². The number of carboxylic acid groups (broad SMARTS) is 1. The summed E-state index contributed by atoms with van der Waals surface area (Å²) >= 11 is 0. The highest BCUT2D eigenvalue weighted by Crippen LogP contribution is 2.42. The van der Waals surface area contributed by atoms with Crippen LogP contribution in [0.3, 0.4) is 0 Å². The fourth-order valence-corrected chi connectivity index (χ4v) is 2.98. The summed E-state index contributed by atoms with van der Waals surface area (Å²) in [6.45, 7) is 1.87. The lowest BCUT2D eigenvalue weighted by Crippen LogP contribution is -2.50. The number of hydrogen-bond acceptors (Lipinski definition) is 4. The molecular weight excluding hydrogens is 248 g/mol. The molecule has 0 radical (unpaired) electrons. The van der Waals surface area contributed by atoms with E-state index in [9.17, 15) is 14.4 Å². The number of carbonyl (C=O) groups is 3. The van der Waals surface area contributed by atoms with E-state index in [0.717, 1.165) is 32.1 Å². The summed E-state index contributed by atoms with van der Waals surface area (Å²) in [6.07, 6.45) is 3.98. The number of primary amides is 1. The van der Waals surface area contributed by atoms with Crippen LogP contribution in [0.4, 0.5) is 0 Å². The zero-order valence-electron chi connectivity index (χ0n) is 11.2. The molecule has 5 N–H and O–H groups in total. The van der Waals surface area contributed by atoms with E-state index in [1.165, 1.54) is 0 Å². The lowest BCUT2D eigenvalue weighted by Gasteiger charge is -2.39. The van der Waals surface area contributed by atoms with E-state index in [1.54, 1.807) is 0 Å². The normalized spacial score (nSPS) is 21.4. The third kappa shape index (κ3) is 3.76. The highest BCUT2D eigenvalue weighted by Gasteiger charge is 2.44. The fourth-order valence-electron chi connectivity index (χ4n) is 2.98. The van der Waals surface area contributed by atoms with Gasteiger partial charge in [0.2, 0.25) is 5.91 Å². The number of carboxylic acids is 1. The summed E-state index contributed by atoms with van der Waals surface area (Å²) in [7, 11) is 0. The molecule has 1 saturated carbocycles. The van der Waals surface area contributed by atoms with Crippen LogP contribution < -0.4 is 11.5 Å². The molecule has 2 atom stereocenters. The molecule has 0 aromatic rings. The van der Waals surface area contributed by atoms with Gasteiger partial charge in [-0.05, 0) is 18.3 Å². The average Bonchev–Trinajstić information content (AvgIpc) is 2.27. The van der Waals surface area contributed by atoms with Crippen molar-refractivity contribution in [2.75, 3.05) is 0 Å². The van der Waals surface area contributed by atoms with Gasteiger partial charge in [0.15, 0.2) is 5.78 Å². The van der Waals surface area contributed by atoms with Crippen molar-refractivity contribution >= 4 is 17.7 Å². The first-order valence-electron chi connectivity index (χ1n) is 6.58. The number of rotatable bonds is 6. The van der Waals surface area contributed by atoms with Gasteiger partial charge in [-0.1, -0.05) is 26.2 Å². The van der Waals surface area contributed by atoms with Gasteiger partial charge in [-0.15, -0.1) is 0 Å². The van der Waals surface area contributed by atoms with E-state index < -0.39 is 41.5 Å². The van der Waals surface area contributed by atoms with Gasteiger partial charge in [-0.25, -0.2) is 0 Å². The molecule has 19 heavy (non-hydrogen) atoms. The summed E-state index contributed by atoms with van der Waals surface area (Å²) in [5.74, 6) is -3.38. The van der Waals surface area contributed by atoms with E-state index in [2.05, 4.69) is 0 Å². The lowest BCUT2D eigenvalue weighted by molar-refractivity contribution is -0.144. The average molecular weight is 270 g/mol. The first-order chi connectivity index (χ1) is 8.78. The molecule has 0 spiro atoms. The largest absolute Gasteiger partial charge is 0.481 e. The Hall–Kier alpha value is -1.43. The zero-order chi connectivity index (χ0) is 14.6. The van der Waals surface area contributed by atoms with Crippen molar-refractivity contribution in [3.05, 3.63) is 0 Å². The molecule has 1 amide bonds. The third-order valence-electron chi connectivity index (χ3n) is 4.02. The monoisotopic (exact) mass is 270 g/mol. The summed E-state index contributed by atoms with van der Waals surface area (Å²) in [4.78, 5) is 34.5. The highest BCUT2D eigenvalue weighted by atomic mass is 16.4. The second-order valence-electron chi connectivity index (χ2n) is 5.66. The highest BCUT2D eigenvalue weighted by molar-refractivity contribution is 6.04. The lowest BCUT2D eigenvalue weighted by atomic mass is 9.64. The predicted octanol–water partition coefficient (Wildman–Crippen LogP) is 0.429. The van der Waals surface area contributed by atoms with Crippen molar-refractivity contribution < 1.29 is 19.5 Å². The Labute approximate surface area is 112 Å². The van der Waals surface area contributed by atoms with Gasteiger partial charge in [0.25, 0.3) is 0 Å². The van der Waals surface area contributed by atoms with Gasteiger partial charge < -0.3 is 16.6 Å². The third-order valence-corrected chi connectivity index (χ3v) is 4.02. The molecule has 1 aliphatic rings. The number of aliphatic carboxylic acids is 1. The van der Waals surface area contributed by atoms with Crippen LogP contribution in [0.25, 0.3) is 0 Å². The van der Waals surface area contributed by atoms with Crippen LogP contribution in [0.5, 0.6) is 0 Å². The quantitative estimate of drug-likeness (QED) is 0.604.